The first kappa shape index (κ1) is 18.4. The summed E-state index contributed by atoms with van der Waals surface area (Å²) in [5, 5.41) is 7.67. The molecule has 2 heterocycles. The van der Waals surface area contributed by atoms with Crippen LogP contribution in [0.25, 0.3) is 0 Å². The van der Waals surface area contributed by atoms with Crippen LogP contribution in [0.15, 0.2) is 28.7 Å². The van der Waals surface area contributed by atoms with E-state index in [4.69, 9.17) is 4.74 Å². The van der Waals surface area contributed by atoms with Crippen LogP contribution < -0.4 is 5.32 Å². The number of dihydropyridines is 1. The number of rotatable bonds is 3. The van der Waals surface area contributed by atoms with Gasteiger partial charge in [-0.1, -0.05) is 13.8 Å². The third kappa shape index (κ3) is 2.97. The highest BCUT2D eigenvalue weighted by Crippen LogP contribution is 2.47. The first-order chi connectivity index (χ1) is 12.2. The Morgan fingerprint density at radius 2 is 2.08 bits per heavy atom. The van der Waals surface area contributed by atoms with E-state index in [1.54, 1.807) is 17.8 Å². The maximum atomic E-state index is 13.1. The summed E-state index contributed by atoms with van der Waals surface area (Å²) in [5.74, 6) is -0.719. The minimum atomic E-state index is -0.428. The molecular formula is C20H27N3O3. The average molecular weight is 357 g/mol. The third-order valence-electron chi connectivity index (χ3n) is 5.32. The molecule has 1 aromatic heterocycles. The van der Waals surface area contributed by atoms with Crippen LogP contribution in [0.2, 0.25) is 0 Å². The van der Waals surface area contributed by atoms with Crippen molar-refractivity contribution in [3.05, 3.63) is 40.0 Å². The van der Waals surface area contributed by atoms with Gasteiger partial charge in [0, 0.05) is 41.7 Å². The van der Waals surface area contributed by atoms with Crippen molar-refractivity contribution in [3.8, 4) is 0 Å². The van der Waals surface area contributed by atoms with E-state index in [2.05, 4.69) is 24.3 Å². The molecular weight excluding hydrogens is 330 g/mol. The SMILES string of the molecule is CCOC(=O)C1=C(C)NC2=C(C(=O)CC(C)(C)C2)[C@@H]1c1cnn(C)c1C. The molecule has 6 nitrogen and oxygen atoms in total. The van der Waals surface area contributed by atoms with Crippen LogP contribution >= 0.6 is 0 Å². The summed E-state index contributed by atoms with van der Waals surface area (Å²) in [6.07, 6.45) is 3.01. The quantitative estimate of drug-likeness (QED) is 0.842. The molecule has 1 N–H and O–H groups in total. The van der Waals surface area contributed by atoms with Gasteiger partial charge in [0.15, 0.2) is 5.78 Å². The second kappa shape index (κ2) is 6.41. The fourth-order valence-corrected chi connectivity index (χ4v) is 4.03. The molecule has 1 aliphatic heterocycles. The van der Waals surface area contributed by atoms with Crippen LogP contribution in [0.3, 0.4) is 0 Å². The molecule has 0 fully saturated rings. The van der Waals surface area contributed by atoms with Gasteiger partial charge in [-0.2, -0.15) is 5.10 Å². The molecule has 3 rings (SSSR count). The highest BCUT2D eigenvalue weighted by atomic mass is 16.5. The van der Waals surface area contributed by atoms with E-state index in [0.717, 1.165) is 29.1 Å². The minimum Gasteiger partial charge on any atom is -0.463 e. The Bertz CT molecular complexity index is 842. The molecule has 0 saturated carbocycles. The molecule has 0 bridgehead atoms. The number of aryl methyl sites for hydroxylation is 1. The molecule has 0 amide bonds. The summed E-state index contributed by atoms with van der Waals surface area (Å²) in [6.45, 7) is 10.1. The van der Waals surface area contributed by atoms with E-state index in [9.17, 15) is 9.59 Å². The Hall–Kier alpha value is -2.37. The summed E-state index contributed by atoms with van der Waals surface area (Å²) in [7, 11) is 1.86. The summed E-state index contributed by atoms with van der Waals surface area (Å²) in [6, 6.07) is 0. The van der Waals surface area contributed by atoms with Crippen molar-refractivity contribution in [2.45, 2.75) is 53.4 Å². The molecule has 6 heteroatoms. The topological polar surface area (TPSA) is 73.2 Å². The number of carbonyl (C=O) groups is 2. The number of nitrogens with one attached hydrogen (secondary N) is 1. The fourth-order valence-electron chi connectivity index (χ4n) is 4.03. The van der Waals surface area contributed by atoms with Crippen LogP contribution in [-0.2, 0) is 21.4 Å². The number of hydrogen-bond acceptors (Lipinski definition) is 5. The Balaban J connectivity index is 2.20. The third-order valence-corrected chi connectivity index (χ3v) is 5.32. The van der Waals surface area contributed by atoms with Gasteiger partial charge in [0.25, 0.3) is 0 Å². The Kier molecular flexibility index (Phi) is 4.54. The van der Waals surface area contributed by atoms with Crippen molar-refractivity contribution in [2.75, 3.05) is 6.61 Å². The number of hydrogen-bond donors (Lipinski definition) is 1. The largest absolute Gasteiger partial charge is 0.463 e. The lowest BCUT2D eigenvalue weighted by Gasteiger charge is -2.39. The zero-order valence-electron chi connectivity index (χ0n) is 16.4. The standard InChI is InChI=1S/C20H27N3O3/c1-7-26-19(25)16-11(2)22-14-8-20(4,5)9-15(24)18(14)17(16)13-10-21-23(6)12(13)3/h10,17,22H,7-9H2,1-6H3/t17-/m1/s1. The van der Waals surface area contributed by atoms with E-state index in [0.29, 0.717) is 24.2 Å². The van der Waals surface area contributed by atoms with Gasteiger partial charge in [0.1, 0.15) is 0 Å². The number of esters is 1. The number of aromatic nitrogens is 2. The molecule has 2 aliphatic rings. The highest BCUT2D eigenvalue weighted by molar-refractivity contribution is 6.04. The molecule has 0 aromatic carbocycles. The summed E-state index contributed by atoms with van der Waals surface area (Å²) in [4.78, 5) is 25.8. The average Bonchev–Trinajstić information content (AvgIpc) is 2.84. The van der Waals surface area contributed by atoms with Gasteiger partial charge in [-0.3, -0.25) is 9.48 Å². The lowest BCUT2D eigenvalue weighted by molar-refractivity contribution is -0.138. The Morgan fingerprint density at radius 3 is 2.65 bits per heavy atom. The van der Waals surface area contributed by atoms with Crippen molar-refractivity contribution >= 4 is 11.8 Å². The molecule has 1 atom stereocenters. The molecule has 0 saturated heterocycles. The van der Waals surface area contributed by atoms with Gasteiger partial charge < -0.3 is 10.1 Å². The summed E-state index contributed by atoms with van der Waals surface area (Å²) in [5.41, 5.74) is 4.60. The lowest BCUT2D eigenvalue weighted by atomic mass is 9.68. The molecule has 26 heavy (non-hydrogen) atoms. The smallest absolute Gasteiger partial charge is 0.336 e. The molecule has 0 radical (unpaired) electrons. The number of allylic oxidation sites excluding steroid dienone is 3. The van der Waals surface area contributed by atoms with E-state index >= 15 is 0 Å². The summed E-state index contributed by atoms with van der Waals surface area (Å²) >= 11 is 0. The highest BCUT2D eigenvalue weighted by Gasteiger charge is 2.43. The van der Waals surface area contributed by atoms with E-state index in [-0.39, 0.29) is 17.2 Å². The van der Waals surface area contributed by atoms with Crippen LogP contribution in [0.1, 0.15) is 57.7 Å². The van der Waals surface area contributed by atoms with Crippen molar-refractivity contribution in [3.63, 3.8) is 0 Å². The number of ketones is 1. The van der Waals surface area contributed by atoms with E-state index in [1.165, 1.54) is 0 Å². The van der Waals surface area contributed by atoms with Crippen molar-refractivity contribution in [2.24, 2.45) is 12.5 Å². The van der Waals surface area contributed by atoms with E-state index < -0.39 is 5.92 Å². The Labute approximate surface area is 154 Å². The molecule has 1 aromatic rings. The monoisotopic (exact) mass is 357 g/mol. The molecule has 0 spiro atoms. The van der Waals surface area contributed by atoms with Gasteiger partial charge in [0.2, 0.25) is 0 Å². The molecule has 140 valence electrons. The zero-order chi connectivity index (χ0) is 19.2. The van der Waals surface area contributed by atoms with Gasteiger partial charge >= 0.3 is 5.97 Å². The second-order valence-corrected chi connectivity index (χ2v) is 7.96. The maximum Gasteiger partial charge on any atom is 0.336 e. The van der Waals surface area contributed by atoms with Gasteiger partial charge in [0.05, 0.1) is 24.3 Å². The molecule has 0 unspecified atom stereocenters. The van der Waals surface area contributed by atoms with Crippen molar-refractivity contribution in [1.82, 2.24) is 15.1 Å². The maximum absolute atomic E-state index is 13.1. The van der Waals surface area contributed by atoms with Crippen LogP contribution in [0, 0.1) is 12.3 Å². The summed E-state index contributed by atoms with van der Waals surface area (Å²) < 4.78 is 7.08. The minimum absolute atomic E-state index is 0.0892. The van der Waals surface area contributed by atoms with Gasteiger partial charge in [-0.05, 0) is 32.6 Å². The van der Waals surface area contributed by atoms with Gasteiger partial charge in [-0.15, -0.1) is 0 Å². The van der Waals surface area contributed by atoms with Crippen molar-refractivity contribution in [1.29, 1.82) is 0 Å². The van der Waals surface area contributed by atoms with Gasteiger partial charge in [-0.25, -0.2) is 4.79 Å². The number of nitrogens with zero attached hydrogens (tertiary/aromatic N) is 2. The zero-order valence-corrected chi connectivity index (χ0v) is 16.4. The number of carbonyl (C=O) groups excluding carboxylic acids is 2. The van der Waals surface area contributed by atoms with E-state index in [1.807, 2.05) is 20.9 Å². The second-order valence-electron chi connectivity index (χ2n) is 7.96. The lowest BCUT2D eigenvalue weighted by Crippen LogP contribution is -2.38. The Morgan fingerprint density at radius 1 is 1.38 bits per heavy atom. The predicted molar refractivity (Wildman–Crippen MR) is 98.2 cm³/mol. The first-order valence-corrected chi connectivity index (χ1v) is 9.06. The first-order valence-electron chi connectivity index (χ1n) is 9.06. The number of Topliss-reactive ketones (excluding diaryl/α,β-unsaturated/α-hetero) is 1. The van der Waals surface area contributed by atoms with Crippen LogP contribution in [0.4, 0.5) is 0 Å². The normalized spacial score (nSPS) is 22.2. The number of ether oxygens (including phenoxy) is 1. The van der Waals surface area contributed by atoms with Crippen LogP contribution in [-0.4, -0.2) is 28.1 Å². The molecule has 1 aliphatic carbocycles. The fraction of sp³-hybridized carbons (Fsp3) is 0.550. The van der Waals surface area contributed by atoms with Crippen LogP contribution in [0.5, 0.6) is 0 Å². The predicted octanol–water partition coefficient (Wildman–Crippen LogP) is 2.90. The van der Waals surface area contributed by atoms with Crippen molar-refractivity contribution < 1.29 is 14.3 Å².